The van der Waals surface area contributed by atoms with E-state index in [2.05, 4.69) is 27.5 Å². The number of anilines is 3. The number of benzene rings is 1. The smallest absolute Gasteiger partial charge is 0.309 e. The third-order valence-electron chi connectivity index (χ3n) is 7.57. The maximum absolute atomic E-state index is 14.6. The van der Waals surface area contributed by atoms with Gasteiger partial charge in [-0.1, -0.05) is 18.5 Å². The Morgan fingerprint density at radius 2 is 2.00 bits per heavy atom. The van der Waals surface area contributed by atoms with Crippen molar-refractivity contribution in [2.24, 2.45) is 11.3 Å². The zero-order valence-electron chi connectivity index (χ0n) is 20.6. The Balaban J connectivity index is 1.54. The maximum Gasteiger partial charge on any atom is 0.309 e. The number of hydrogen-bond acceptors (Lipinski definition) is 7. The normalized spacial score (nSPS) is 26.2. The third-order valence-corrected chi connectivity index (χ3v) is 7.87. The molecule has 2 fully saturated rings. The largest absolute Gasteiger partial charge is 0.481 e. The Morgan fingerprint density at radius 1 is 1.24 bits per heavy atom. The van der Waals surface area contributed by atoms with Gasteiger partial charge in [-0.2, -0.15) is 4.98 Å². The highest BCUT2D eigenvalue weighted by Gasteiger charge is 2.39. The highest BCUT2D eigenvalue weighted by atomic mass is 35.5. The number of carboxylic acids is 1. The molecule has 3 N–H and O–H groups in total. The van der Waals surface area contributed by atoms with Crippen LogP contribution in [-0.4, -0.2) is 49.9 Å². The molecule has 0 spiro atoms. The van der Waals surface area contributed by atoms with E-state index in [9.17, 15) is 18.7 Å². The lowest BCUT2D eigenvalue weighted by molar-refractivity contribution is -0.150. The van der Waals surface area contributed by atoms with Gasteiger partial charge in [-0.05, 0) is 51.0 Å². The topological polar surface area (TPSA) is 114 Å². The van der Waals surface area contributed by atoms with E-state index >= 15 is 0 Å². The molecule has 1 saturated carbocycles. The standard InChI is InChI=1S/C25H29ClF2N6O3/c1-13-12-37-8-5-18(13)30-23-29-11-19-21(33-23)34(15-3-6-25(2,7-4-15)22(35)36)24(31-19)32-20-16(26)9-14(27)10-17(20)28/h9-11,13,15,18H,3-8,12H2,1-2H3,(H,31,32)(H,35,36)(H,29,30,33)/t13-,15?,18-,25?/m1/s1. The highest BCUT2D eigenvalue weighted by Crippen LogP contribution is 2.43. The molecular formula is C25H29ClF2N6O3. The van der Waals surface area contributed by atoms with E-state index in [-0.39, 0.29) is 34.7 Å². The fourth-order valence-electron chi connectivity index (χ4n) is 5.14. The quantitative estimate of drug-likeness (QED) is 0.377. The summed E-state index contributed by atoms with van der Waals surface area (Å²) >= 11 is 6.15. The van der Waals surface area contributed by atoms with Crippen LogP contribution in [0, 0.1) is 23.0 Å². The monoisotopic (exact) mass is 534 g/mol. The first-order chi connectivity index (χ1) is 17.6. The Kier molecular flexibility index (Phi) is 6.93. The van der Waals surface area contributed by atoms with E-state index in [0.29, 0.717) is 56.0 Å². The van der Waals surface area contributed by atoms with Gasteiger partial charge in [-0.25, -0.2) is 18.7 Å². The number of carboxylic acid groups (broad SMARTS) is 1. The fraction of sp³-hybridized carbons (Fsp3) is 0.520. The van der Waals surface area contributed by atoms with Crippen LogP contribution in [0.15, 0.2) is 18.3 Å². The number of carbonyl (C=O) groups is 1. The van der Waals surface area contributed by atoms with Gasteiger partial charge in [0.15, 0.2) is 11.5 Å². The molecular weight excluding hydrogens is 506 g/mol. The van der Waals surface area contributed by atoms with Crippen molar-refractivity contribution in [1.82, 2.24) is 19.5 Å². The average molecular weight is 535 g/mol. The first-order valence-electron chi connectivity index (χ1n) is 12.4. The van der Waals surface area contributed by atoms with Crippen LogP contribution < -0.4 is 10.6 Å². The molecule has 0 radical (unpaired) electrons. The van der Waals surface area contributed by atoms with Gasteiger partial charge in [-0.15, -0.1) is 0 Å². The molecule has 2 atom stereocenters. The molecule has 37 heavy (non-hydrogen) atoms. The number of aliphatic carboxylic acids is 1. The minimum absolute atomic E-state index is 0.104. The summed E-state index contributed by atoms with van der Waals surface area (Å²) in [5.74, 6) is -1.46. The number of nitrogens with zero attached hydrogens (tertiary/aromatic N) is 4. The number of fused-ring (bicyclic) bond motifs is 1. The van der Waals surface area contributed by atoms with Crippen LogP contribution in [0.3, 0.4) is 0 Å². The van der Waals surface area contributed by atoms with Crippen molar-refractivity contribution < 1.29 is 23.4 Å². The molecule has 3 aromatic rings. The van der Waals surface area contributed by atoms with Crippen molar-refractivity contribution in [1.29, 1.82) is 0 Å². The molecule has 5 rings (SSSR count). The first-order valence-corrected chi connectivity index (χ1v) is 12.8. The minimum atomic E-state index is -0.854. The van der Waals surface area contributed by atoms with Gasteiger partial charge >= 0.3 is 5.97 Å². The predicted octanol–water partition coefficient (Wildman–Crippen LogP) is 5.54. The lowest BCUT2D eigenvalue weighted by Gasteiger charge is -2.35. The molecule has 198 valence electrons. The Hall–Kier alpha value is -3.05. The summed E-state index contributed by atoms with van der Waals surface area (Å²) < 4.78 is 35.7. The summed E-state index contributed by atoms with van der Waals surface area (Å²) in [6.45, 7) is 5.17. The fourth-order valence-corrected chi connectivity index (χ4v) is 5.38. The van der Waals surface area contributed by atoms with E-state index in [1.807, 2.05) is 4.57 Å². The van der Waals surface area contributed by atoms with Crippen LogP contribution in [-0.2, 0) is 9.53 Å². The highest BCUT2D eigenvalue weighted by molar-refractivity contribution is 6.33. The predicted molar refractivity (Wildman–Crippen MR) is 135 cm³/mol. The molecule has 1 aliphatic carbocycles. The van der Waals surface area contributed by atoms with Gasteiger partial charge in [0, 0.05) is 24.8 Å². The number of rotatable bonds is 6. The molecule has 0 amide bonds. The van der Waals surface area contributed by atoms with E-state index in [1.54, 1.807) is 13.1 Å². The van der Waals surface area contributed by atoms with Gasteiger partial charge in [0.25, 0.3) is 0 Å². The van der Waals surface area contributed by atoms with Crippen LogP contribution in [0.25, 0.3) is 11.2 Å². The van der Waals surface area contributed by atoms with E-state index < -0.39 is 23.0 Å². The number of imidazole rings is 1. The molecule has 2 aromatic heterocycles. The molecule has 0 bridgehead atoms. The molecule has 1 saturated heterocycles. The number of ether oxygens (including phenoxy) is 1. The van der Waals surface area contributed by atoms with Crippen LogP contribution in [0.1, 0.15) is 52.0 Å². The maximum atomic E-state index is 14.6. The first kappa shape index (κ1) is 25.6. The van der Waals surface area contributed by atoms with Crippen molar-refractivity contribution in [3.05, 3.63) is 35.0 Å². The lowest BCUT2D eigenvalue weighted by atomic mass is 9.74. The zero-order valence-corrected chi connectivity index (χ0v) is 21.4. The van der Waals surface area contributed by atoms with Gasteiger partial charge in [-0.3, -0.25) is 9.36 Å². The van der Waals surface area contributed by atoms with Crippen molar-refractivity contribution in [3.8, 4) is 0 Å². The summed E-state index contributed by atoms with van der Waals surface area (Å²) in [4.78, 5) is 25.6. The summed E-state index contributed by atoms with van der Waals surface area (Å²) in [5.41, 5.74) is 0.0991. The Morgan fingerprint density at radius 3 is 2.68 bits per heavy atom. The molecule has 2 aliphatic rings. The van der Waals surface area contributed by atoms with Gasteiger partial charge in [0.2, 0.25) is 11.9 Å². The second kappa shape index (κ2) is 10.0. The van der Waals surface area contributed by atoms with Crippen LogP contribution in [0.4, 0.5) is 26.4 Å². The third kappa shape index (κ3) is 5.06. The van der Waals surface area contributed by atoms with E-state index in [4.69, 9.17) is 21.3 Å². The summed E-state index contributed by atoms with van der Waals surface area (Å²) in [7, 11) is 0. The average Bonchev–Trinajstić information content (AvgIpc) is 3.20. The van der Waals surface area contributed by atoms with Gasteiger partial charge < -0.3 is 20.5 Å². The zero-order chi connectivity index (χ0) is 26.3. The molecule has 9 nitrogen and oxygen atoms in total. The number of aromatic nitrogens is 4. The number of nitrogens with one attached hydrogen (secondary N) is 2. The summed E-state index contributed by atoms with van der Waals surface area (Å²) in [6.07, 6.45) is 4.48. The van der Waals surface area contributed by atoms with Crippen molar-refractivity contribution in [2.45, 2.75) is 58.0 Å². The van der Waals surface area contributed by atoms with E-state index in [1.165, 1.54) is 0 Å². The molecule has 1 aliphatic heterocycles. The summed E-state index contributed by atoms with van der Waals surface area (Å²) in [5, 5.41) is 15.9. The number of halogens is 3. The summed E-state index contributed by atoms with van der Waals surface area (Å²) in [6, 6.07) is 1.78. The van der Waals surface area contributed by atoms with Crippen LogP contribution >= 0.6 is 11.6 Å². The second-order valence-electron chi connectivity index (χ2n) is 10.3. The molecule has 1 aromatic carbocycles. The number of hydrogen-bond donors (Lipinski definition) is 3. The Labute approximate surface area is 217 Å². The second-order valence-corrected chi connectivity index (χ2v) is 10.7. The van der Waals surface area contributed by atoms with Gasteiger partial charge in [0.1, 0.15) is 11.3 Å². The van der Waals surface area contributed by atoms with Crippen molar-refractivity contribution in [3.63, 3.8) is 0 Å². The lowest BCUT2D eigenvalue weighted by Crippen LogP contribution is -2.36. The molecule has 0 unspecified atom stereocenters. The van der Waals surface area contributed by atoms with Crippen molar-refractivity contribution in [2.75, 3.05) is 23.8 Å². The molecule has 3 heterocycles. The molecule has 12 heteroatoms. The van der Waals surface area contributed by atoms with Crippen LogP contribution in [0.2, 0.25) is 5.02 Å². The van der Waals surface area contributed by atoms with Crippen molar-refractivity contribution >= 4 is 46.3 Å². The minimum Gasteiger partial charge on any atom is -0.481 e. The van der Waals surface area contributed by atoms with Gasteiger partial charge in [0.05, 0.1) is 28.9 Å². The Bertz CT molecular complexity index is 1300. The SMILES string of the molecule is C[C@@H]1COCC[C@H]1Nc1ncc2nc(Nc3c(F)cc(F)cc3Cl)n(C3CCC(C)(C(=O)O)CC3)c2n1. The van der Waals surface area contributed by atoms with Crippen LogP contribution in [0.5, 0.6) is 0 Å². The van der Waals surface area contributed by atoms with E-state index in [0.717, 1.165) is 18.6 Å².